The molecule has 0 amide bonds. The van der Waals surface area contributed by atoms with Gasteiger partial charge in [-0.2, -0.15) is 0 Å². The maximum absolute atomic E-state index is 10.8. The van der Waals surface area contributed by atoms with Crippen LogP contribution in [0, 0.1) is 0 Å². The second-order valence-corrected chi connectivity index (χ2v) is 2.03. The van der Waals surface area contributed by atoms with E-state index >= 15 is 0 Å². The first-order valence-corrected chi connectivity index (χ1v) is 2.86. The highest BCUT2D eigenvalue weighted by Gasteiger charge is 2.42. The zero-order chi connectivity index (χ0) is 9.07. The average Bonchev–Trinajstić information content (AvgIpc) is 2.01. The number of carbonyl (C=O) groups is 2. The molecule has 0 saturated heterocycles. The van der Waals surface area contributed by atoms with Crippen molar-refractivity contribution in [2.75, 3.05) is 14.2 Å². The van der Waals surface area contributed by atoms with Crippen molar-refractivity contribution < 1.29 is 24.2 Å². The third-order valence-corrected chi connectivity index (χ3v) is 1.39. The zero-order valence-electron chi connectivity index (χ0n) is 6.58. The molecule has 0 spiro atoms. The van der Waals surface area contributed by atoms with E-state index in [1.807, 2.05) is 0 Å². The minimum Gasteiger partial charge on any atom is -0.479 e. The van der Waals surface area contributed by atoms with Gasteiger partial charge in [0.2, 0.25) is 0 Å². The van der Waals surface area contributed by atoms with E-state index in [1.54, 1.807) is 0 Å². The molecule has 0 heterocycles. The minimum atomic E-state index is -1.89. The number of carboxylic acids is 1. The van der Waals surface area contributed by atoms with Crippen LogP contribution in [-0.2, 0) is 19.1 Å². The molecule has 5 heteroatoms. The second kappa shape index (κ2) is 3.34. The van der Waals surface area contributed by atoms with Crippen LogP contribution in [0.5, 0.6) is 0 Å². The number of esters is 1. The van der Waals surface area contributed by atoms with E-state index in [0.717, 1.165) is 21.1 Å². The normalized spacial score (nSPS) is 15.2. The van der Waals surface area contributed by atoms with E-state index in [9.17, 15) is 9.59 Å². The van der Waals surface area contributed by atoms with Gasteiger partial charge < -0.3 is 14.6 Å². The molecule has 1 N–H and O–H groups in total. The average molecular weight is 162 g/mol. The predicted molar refractivity (Wildman–Crippen MR) is 35.1 cm³/mol. The van der Waals surface area contributed by atoms with Gasteiger partial charge in [-0.1, -0.05) is 0 Å². The Hall–Kier alpha value is -1.10. The molecule has 0 rings (SSSR count). The monoisotopic (exact) mass is 162 g/mol. The summed E-state index contributed by atoms with van der Waals surface area (Å²) >= 11 is 0. The van der Waals surface area contributed by atoms with Crippen molar-refractivity contribution in [3.05, 3.63) is 0 Å². The summed E-state index contributed by atoms with van der Waals surface area (Å²) < 4.78 is 8.70. The molecule has 0 aliphatic rings. The quantitative estimate of drug-likeness (QED) is 0.453. The number of ether oxygens (including phenoxy) is 2. The number of rotatable bonds is 3. The molecular formula is C6H10O5. The lowest BCUT2D eigenvalue weighted by atomic mass is 10.1. The van der Waals surface area contributed by atoms with Gasteiger partial charge in [0.25, 0.3) is 5.60 Å². The fraction of sp³-hybridized carbons (Fsp3) is 0.667. The Morgan fingerprint density at radius 2 is 1.82 bits per heavy atom. The minimum absolute atomic E-state index is 0.924. The number of methoxy groups -OCH3 is 2. The van der Waals surface area contributed by atoms with Crippen LogP contribution in [0.25, 0.3) is 0 Å². The molecule has 0 saturated carbocycles. The van der Waals surface area contributed by atoms with Crippen LogP contribution in [0.3, 0.4) is 0 Å². The maximum Gasteiger partial charge on any atom is 0.349 e. The molecule has 5 nitrogen and oxygen atoms in total. The first-order chi connectivity index (χ1) is 4.99. The van der Waals surface area contributed by atoms with Crippen molar-refractivity contribution in [1.29, 1.82) is 0 Å². The Morgan fingerprint density at radius 1 is 1.36 bits per heavy atom. The van der Waals surface area contributed by atoms with E-state index in [2.05, 4.69) is 9.47 Å². The molecule has 0 aliphatic carbocycles. The van der Waals surface area contributed by atoms with Crippen LogP contribution < -0.4 is 0 Å². The van der Waals surface area contributed by atoms with Gasteiger partial charge in [-0.15, -0.1) is 0 Å². The molecule has 1 unspecified atom stereocenters. The van der Waals surface area contributed by atoms with Crippen molar-refractivity contribution >= 4 is 11.9 Å². The summed E-state index contributed by atoms with van der Waals surface area (Å²) in [6.45, 7) is 1.13. The summed E-state index contributed by atoms with van der Waals surface area (Å²) in [5.41, 5.74) is -1.89. The lowest BCUT2D eigenvalue weighted by Crippen LogP contribution is -2.46. The fourth-order valence-corrected chi connectivity index (χ4v) is 0.453. The summed E-state index contributed by atoms with van der Waals surface area (Å²) in [5, 5.41) is 8.51. The molecule has 0 aromatic rings. The van der Waals surface area contributed by atoms with E-state index in [1.165, 1.54) is 0 Å². The fourth-order valence-electron chi connectivity index (χ4n) is 0.453. The molecule has 11 heavy (non-hydrogen) atoms. The maximum atomic E-state index is 10.8. The summed E-state index contributed by atoms with van der Waals surface area (Å²) in [6, 6.07) is 0. The van der Waals surface area contributed by atoms with Crippen LogP contribution in [-0.4, -0.2) is 36.9 Å². The largest absolute Gasteiger partial charge is 0.479 e. The van der Waals surface area contributed by atoms with Crippen LogP contribution in [0.15, 0.2) is 0 Å². The third kappa shape index (κ3) is 1.68. The predicted octanol–water partition coefficient (Wildman–Crippen LogP) is -0.351. The smallest absolute Gasteiger partial charge is 0.349 e. The summed E-state index contributed by atoms with van der Waals surface area (Å²) in [6.07, 6.45) is 0. The Kier molecular flexibility index (Phi) is 3.00. The SMILES string of the molecule is COC(=O)C(C)(OC)C(=O)O. The van der Waals surface area contributed by atoms with Gasteiger partial charge in [0.15, 0.2) is 0 Å². The van der Waals surface area contributed by atoms with E-state index in [-0.39, 0.29) is 0 Å². The second-order valence-electron chi connectivity index (χ2n) is 2.03. The molecule has 0 aromatic heterocycles. The van der Waals surface area contributed by atoms with Crippen LogP contribution >= 0.6 is 0 Å². The Balaban J connectivity index is 4.59. The highest BCUT2D eigenvalue weighted by atomic mass is 16.6. The molecule has 0 aromatic carbocycles. The van der Waals surface area contributed by atoms with Crippen LogP contribution in [0.4, 0.5) is 0 Å². The van der Waals surface area contributed by atoms with Crippen molar-refractivity contribution in [2.45, 2.75) is 12.5 Å². The lowest BCUT2D eigenvalue weighted by Gasteiger charge is -2.19. The van der Waals surface area contributed by atoms with Crippen LogP contribution in [0.1, 0.15) is 6.92 Å². The number of hydrogen-bond donors (Lipinski definition) is 1. The topological polar surface area (TPSA) is 72.8 Å². The van der Waals surface area contributed by atoms with Gasteiger partial charge in [-0.05, 0) is 6.92 Å². The van der Waals surface area contributed by atoms with E-state index in [4.69, 9.17) is 5.11 Å². The summed E-state index contributed by atoms with van der Waals surface area (Å²) in [4.78, 5) is 21.2. The van der Waals surface area contributed by atoms with Crippen molar-refractivity contribution in [2.24, 2.45) is 0 Å². The van der Waals surface area contributed by atoms with Gasteiger partial charge in [0, 0.05) is 7.11 Å². The zero-order valence-corrected chi connectivity index (χ0v) is 6.58. The van der Waals surface area contributed by atoms with Gasteiger partial charge in [-0.3, -0.25) is 0 Å². The lowest BCUT2D eigenvalue weighted by molar-refractivity contribution is -0.179. The van der Waals surface area contributed by atoms with Gasteiger partial charge in [0.1, 0.15) is 0 Å². The van der Waals surface area contributed by atoms with Crippen molar-refractivity contribution in [1.82, 2.24) is 0 Å². The van der Waals surface area contributed by atoms with Gasteiger partial charge >= 0.3 is 11.9 Å². The molecule has 0 fully saturated rings. The number of aliphatic carboxylic acids is 1. The standard InChI is InChI=1S/C6H10O5/c1-6(11-3,4(7)8)5(9)10-2/h1-3H3,(H,7,8). The summed E-state index contributed by atoms with van der Waals surface area (Å²) in [5.74, 6) is -2.29. The van der Waals surface area contributed by atoms with Gasteiger partial charge in [0.05, 0.1) is 7.11 Å². The first kappa shape index (κ1) is 9.90. The van der Waals surface area contributed by atoms with Crippen LogP contribution in [0.2, 0.25) is 0 Å². The highest BCUT2D eigenvalue weighted by Crippen LogP contribution is 2.10. The third-order valence-electron chi connectivity index (χ3n) is 1.39. The number of carbonyl (C=O) groups excluding carboxylic acids is 1. The molecule has 64 valence electrons. The Labute approximate surface area is 63.9 Å². The highest BCUT2D eigenvalue weighted by molar-refractivity contribution is 6.02. The van der Waals surface area contributed by atoms with E-state index in [0.29, 0.717) is 0 Å². The van der Waals surface area contributed by atoms with E-state index < -0.39 is 17.5 Å². The first-order valence-electron chi connectivity index (χ1n) is 2.86. The Morgan fingerprint density at radius 3 is 1.91 bits per heavy atom. The molecule has 1 atom stereocenters. The number of carboxylic acid groups (broad SMARTS) is 1. The summed E-state index contributed by atoms with van der Waals surface area (Å²) in [7, 11) is 2.23. The molecule has 0 aliphatic heterocycles. The van der Waals surface area contributed by atoms with Gasteiger partial charge in [-0.25, -0.2) is 9.59 Å². The molecule has 0 radical (unpaired) electrons. The van der Waals surface area contributed by atoms with Crippen molar-refractivity contribution in [3.8, 4) is 0 Å². The van der Waals surface area contributed by atoms with Crippen molar-refractivity contribution in [3.63, 3.8) is 0 Å². The molecule has 0 bridgehead atoms. The Bertz CT molecular complexity index is 176. The number of hydrogen-bond acceptors (Lipinski definition) is 4. The molecular weight excluding hydrogens is 152 g/mol.